The molecule has 0 atom stereocenters. The van der Waals surface area contributed by atoms with Crippen LogP contribution >= 0.6 is 23.2 Å². The Morgan fingerprint density at radius 1 is 1.24 bits per heavy atom. The van der Waals surface area contributed by atoms with E-state index < -0.39 is 0 Å². The second kappa shape index (κ2) is 7.06. The number of anilines is 1. The zero-order valence-electron chi connectivity index (χ0n) is 14.4. The van der Waals surface area contributed by atoms with Crippen LogP contribution in [0.5, 0.6) is 0 Å². The highest BCUT2D eigenvalue weighted by Gasteiger charge is 2.20. The third-order valence-corrected chi connectivity index (χ3v) is 4.55. The van der Waals surface area contributed by atoms with Crippen molar-refractivity contribution in [3.05, 3.63) is 63.0 Å². The van der Waals surface area contributed by atoms with Crippen LogP contribution in [0, 0.1) is 13.8 Å². The van der Waals surface area contributed by atoms with E-state index in [9.17, 15) is 4.79 Å². The van der Waals surface area contributed by atoms with Gasteiger partial charge in [-0.3, -0.25) is 9.20 Å². The maximum absolute atomic E-state index is 13.0. The summed E-state index contributed by atoms with van der Waals surface area (Å²) < 4.78 is 1.74. The van der Waals surface area contributed by atoms with E-state index in [1.54, 1.807) is 16.7 Å². The van der Waals surface area contributed by atoms with Crippen LogP contribution in [0.15, 0.2) is 30.5 Å². The van der Waals surface area contributed by atoms with Crippen molar-refractivity contribution in [2.24, 2.45) is 0 Å². The van der Waals surface area contributed by atoms with Crippen LogP contribution in [0.2, 0.25) is 10.0 Å². The van der Waals surface area contributed by atoms with Gasteiger partial charge in [-0.25, -0.2) is 4.98 Å². The highest BCUT2D eigenvalue weighted by Crippen LogP contribution is 2.28. The van der Waals surface area contributed by atoms with E-state index in [-0.39, 0.29) is 5.91 Å². The van der Waals surface area contributed by atoms with Crippen LogP contribution in [0.4, 0.5) is 5.69 Å². The Kier molecular flexibility index (Phi) is 5.02. The Morgan fingerprint density at radius 3 is 2.68 bits per heavy atom. The van der Waals surface area contributed by atoms with Crippen LogP contribution in [-0.2, 0) is 6.42 Å². The predicted octanol–water partition coefficient (Wildman–Crippen LogP) is 5.46. The Labute approximate surface area is 156 Å². The topological polar surface area (TPSA) is 46.4 Å². The predicted molar refractivity (Wildman–Crippen MR) is 103 cm³/mol. The van der Waals surface area contributed by atoms with Crippen LogP contribution < -0.4 is 5.32 Å². The van der Waals surface area contributed by atoms with Crippen molar-refractivity contribution in [3.8, 4) is 0 Å². The smallest absolute Gasteiger partial charge is 0.274 e. The normalized spacial score (nSPS) is 11.1. The SMILES string of the molecule is CCCc1nc2ccc(Cl)cn2c1C(=O)Nc1c(C)cc(C)cc1Cl. The van der Waals surface area contributed by atoms with Gasteiger partial charge in [0.05, 0.1) is 21.4 Å². The van der Waals surface area contributed by atoms with Gasteiger partial charge in [-0.15, -0.1) is 0 Å². The number of pyridine rings is 1. The molecule has 0 unspecified atom stereocenters. The number of benzene rings is 1. The van der Waals surface area contributed by atoms with Gasteiger partial charge in [-0.05, 0) is 49.6 Å². The molecule has 0 radical (unpaired) electrons. The number of amides is 1. The fourth-order valence-electron chi connectivity index (χ4n) is 2.97. The third kappa shape index (κ3) is 3.51. The molecule has 1 aromatic carbocycles. The minimum atomic E-state index is -0.243. The van der Waals surface area contributed by atoms with Gasteiger partial charge < -0.3 is 5.32 Å². The number of halogens is 2. The standard InChI is InChI=1S/C19H19Cl2N3O/c1-4-5-15-18(24-10-13(20)6-7-16(24)22-15)19(25)23-17-12(3)8-11(2)9-14(17)21/h6-10H,4-5H2,1-3H3,(H,23,25). The quantitative estimate of drug-likeness (QED) is 0.657. The highest BCUT2D eigenvalue weighted by atomic mass is 35.5. The number of carbonyl (C=O) groups is 1. The molecule has 0 aliphatic carbocycles. The molecule has 4 nitrogen and oxygen atoms in total. The molecule has 0 fully saturated rings. The van der Waals surface area contributed by atoms with E-state index in [2.05, 4.69) is 17.2 Å². The largest absolute Gasteiger partial charge is 0.319 e. The average molecular weight is 376 g/mol. The van der Waals surface area contributed by atoms with Crippen molar-refractivity contribution in [1.82, 2.24) is 9.38 Å². The number of imidazole rings is 1. The van der Waals surface area contributed by atoms with Crippen LogP contribution in [0.25, 0.3) is 5.65 Å². The van der Waals surface area contributed by atoms with Gasteiger partial charge in [0, 0.05) is 6.20 Å². The van der Waals surface area contributed by atoms with E-state index in [1.807, 2.05) is 32.0 Å². The summed E-state index contributed by atoms with van der Waals surface area (Å²) in [4.78, 5) is 17.6. The molecular formula is C19H19Cl2N3O. The van der Waals surface area contributed by atoms with Crippen molar-refractivity contribution < 1.29 is 4.79 Å². The van der Waals surface area contributed by atoms with Crippen LogP contribution in [0.3, 0.4) is 0 Å². The van der Waals surface area contributed by atoms with E-state index in [0.29, 0.717) is 33.5 Å². The van der Waals surface area contributed by atoms with E-state index >= 15 is 0 Å². The lowest BCUT2D eigenvalue weighted by Gasteiger charge is -2.12. The first-order valence-electron chi connectivity index (χ1n) is 8.15. The molecule has 0 bridgehead atoms. The molecule has 6 heteroatoms. The summed E-state index contributed by atoms with van der Waals surface area (Å²) in [5.74, 6) is -0.243. The number of nitrogens with zero attached hydrogens (tertiary/aromatic N) is 2. The lowest BCUT2D eigenvalue weighted by molar-refractivity contribution is 0.102. The molecule has 3 rings (SSSR count). The first-order chi connectivity index (χ1) is 11.9. The summed E-state index contributed by atoms with van der Waals surface area (Å²) in [6.07, 6.45) is 3.31. The molecule has 2 heterocycles. The number of hydrogen-bond donors (Lipinski definition) is 1. The van der Waals surface area contributed by atoms with Gasteiger partial charge in [-0.2, -0.15) is 0 Å². The first kappa shape index (κ1) is 17.8. The first-order valence-corrected chi connectivity index (χ1v) is 8.91. The Morgan fingerprint density at radius 2 is 2.00 bits per heavy atom. The Balaban J connectivity index is 2.07. The van der Waals surface area contributed by atoms with E-state index in [1.165, 1.54) is 0 Å². The molecule has 0 spiro atoms. The van der Waals surface area contributed by atoms with Crippen molar-refractivity contribution in [2.75, 3.05) is 5.32 Å². The Hall–Kier alpha value is -2.04. The van der Waals surface area contributed by atoms with E-state index in [4.69, 9.17) is 23.2 Å². The fourth-order valence-corrected chi connectivity index (χ4v) is 3.49. The van der Waals surface area contributed by atoms with Gasteiger partial charge in [0.25, 0.3) is 5.91 Å². The molecule has 1 N–H and O–H groups in total. The molecule has 3 aromatic rings. The van der Waals surface area contributed by atoms with Crippen molar-refractivity contribution in [1.29, 1.82) is 0 Å². The monoisotopic (exact) mass is 375 g/mol. The van der Waals surface area contributed by atoms with Gasteiger partial charge >= 0.3 is 0 Å². The number of hydrogen-bond acceptors (Lipinski definition) is 2. The lowest BCUT2D eigenvalue weighted by atomic mass is 10.1. The molecule has 0 aliphatic rings. The summed E-state index contributed by atoms with van der Waals surface area (Å²) in [6.45, 7) is 5.95. The third-order valence-electron chi connectivity index (χ3n) is 4.03. The minimum absolute atomic E-state index is 0.243. The number of fused-ring (bicyclic) bond motifs is 1. The second-order valence-electron chi connectivity index (χ2n) is 6.13. The lowest BCUT2D eigenvalue weighted by Crippen LogP contribution is -2.17. The van der Waals surface area contributed by atoms with Gasteiger partial charge in [0.15, 0.2) is 0 Å². The zero-order chi connectivity index (χ0) is 18.1. The van der Waals surface area contributed by atoms with Gasteiger partial charge in [0.2, 0.25) is 0 Å². The van der Waals surface area contributed by atoms with Gasteiger partial charge in [0.1, 0.15) is 11.3 Å². The number of aromatic nitrogens is 2. The molecule has 0 saturated heterocycles. The average Bonchev–Trinajstić information content (AvgIpc) is 2.88. The van der Waals surface area contributed by atoms with Crippen molar-refractivity contribution in [2.45, 2.75) is 33.6 Å². The van der Waals surface area contributed by atoms with Crippen LogP contribution in [0.1, 0.15) is 40.7 Å². The number of nitrogens with one attached hydrogen (secondary N) is 1. The summed E-state index contributed by atoms with van der Waals surface area (Å²) >= 11 is 12.4. The molecule has 1 amide bonds. The van der Waals surface area contributed by atoms with Crippen LogP contribution in [-0.4, -0.2) is 15.3 Å². The summed E-state index contributed by atoms with van der Waals surface area (Å²) in [7, 11) is 0. The molecule has 0 aliphatic heterocycles. The molecular weight excluding hydrogens is 357 g/mol. The van der Waals surface area contributed by atoms with Crippen molar-refractivity contribution in [3.63, 3.8) is 0 Å². The maximum atomic E-state index is 13.0. The molecule has 2 aromatic heterocycles. The number of aryl methyl sites for hydroxylation is 3. The summed E-state index contributed by atoms with van der Waals surface area (Å²) in [5.41, 5.74) is 4.54. The maximum Gasteiger partial charge on any atom is 0.274 e. The van der Waals surface area contributed by atoms with Crippen molar-refractivity contribution >= 4 is 40.4 Å². The van der Waals surface area contributed by atoms with E-state index in [0.717, 1.165) is 23.2 Å². The Bertz CT molecular complexity index is 940. The van der Waals surface area contributed by atoms with Gasteiger partial charge in [-0.1, -0.05) is 42.6 Å². The minimum Gasteiger partial charge on any atom is -0.319 e. The molecule has 0 saturated carbocycles. The molecule has 130 valence electrons. The summed E-state index contributed by atoms with van der Waals surface area (Å²) in [6, 6.07) is 7.40. The fraction of sp³-hybridized carbons (Fsp3) is 0.263. The second-order valence-corrected chi connectivity index (χ2v) is 6.97. The number of rotatable bonds is 4. The zero-order valence-corrected chi connectivity index (χ0v) is 15.9. The number of carbonyl (C=O) groups excluding carboxylic acids is 1. The summed E-state index contributed by atoms with van der Waals surface area (Å²) in [5, 5.41) is 4.01. The highest BCUT2D eigenvalue weighted by molar-refractivity contribution is 6.34. The molecule has 25 heavy (non-hydrogen) atoms.